The Balaban J connectivity index is 3.92. The van der Waals surface area contributed by atoms with E-state index in [1.54, 1.807) is 0 Å². The van der Waals surface area contributed by atoms with Gasteiger partial charge in [0.2, 0.25) is 0 Å². The summed E-state index contributed by atoms with van der Waals surface area (Å²) >= 11 is 0. The summed E-state index contributed by atoms with van der Waals surface area (Å²) in [4.78, 5) is 19.4. The maximum absolute atomic E-state index is 9.70. The Bertz CT molecular complexity index is 116. The lowest BCUT2D eigenvalue weighted by Gasteiger charge is -2.21. The molecule has 0 amide bonds. The average molecular weight is 148 g/mol. The summed E-state index contributed by atoms with van der Waals surface area (Å²) in [6.45, 7) is -0.183. The highest BCUT2D eigenvalue weighted by molar-refractivity contribution is 5.41. The molecule has 6 nitrogen and oxygen atoms in total. The van der Waals surface area contributed by atoms with E-state index < -0.39 is 5.91 Å². The van der Waals surface area contributed by atoms with Gasteiger partial charge in [-0.3, -0.25) is 15.3 Å². The van der Waals surface area contributed by atoms with Crippen molar-refractivity contribution in [3.05, 3.63) is 0 Å². The van der Waals surface area contributed by atoms with Crippen LogP contribution in [-0.4, -0.2) is 25.4 Å². The Morgan fingerprint density at radius 2 is 1.70 bits per heavy atom. The van der Waals surface area contributed by atoms with Gasteiger partial charge in [0, 0.05) is 0 Å². The lowest BCUT2D eigenvalue weighted by molar-refractivity contribution is -0.205. The molecule has 0 fully saturated rings. The molecule has 0 aromatic carbocycles. The lowest BCUT2D eigenvalue weighted by Crippen LogP contribution is -2.51. The van der Waals surface area contributed by atoms with Gasteiger partial charge < -0.3 is 15.2 Å². The molecule has 0 aliphatic rings. The first-order valence-corrected chi connectivity index (χ1v) is 2.40. The molecule has 0 atom stereocenters. The summed E-state index contributed by atoms with van der Waals surface area (Å²) < 4.78 is 8.28. The fourth-order valence-corrected chi connectivity index (χ4v) is 0.287. The zero-order valence-corrected chi connectivity index (χ0v) is 5.15. The standard InChI is InChI=1S/C4H8N2O4/c5-1-4(6,9-2-7)10-3-8/h2-3H,1,5-6H2. The first-order valence-electron chi connectivity index (χ1n) is 2.40. The predicted molar refractivity (Wildman–Crippen MR) is 30.3 cm³/mol. The smallest absolute Gasteiger partial charge is 0.327 e. The zero-order valence-electron chi connectivity index (χ0n) is 5.15. The molecule has 0 saturated carbocycles. The minimum absolute atomic E-state index is 0.0519. The second kappa shape index (κ2) is 3.80. The van der Waals surface area contributed by atoms with Crippen LogP contribution in [0.1, 0.15) is 0 Å². The van der Waals surface area contributed by atoms with E-state index in [1.165, 1.54) is 0 Å². The third-order valence-electron chi connectivity index (χ3n) is 0.780. The number of ether oxygens (including phenoxy) is 2. The minimum Gasteiger partial charge on any atom is -0.410 e. The van der Waals surface area contributed by atoms with Crippen LogP contribution in [0.4, 0.5) is 0 Å². The van der Waals surface area contributed by atoms with Crippen LogP contribution in [0.25, 0.3) is 0 Å². The van der Waals surface area contributed by atoms with Crippen molar-refractivity contribution >= 4 is 12.9 Å². The summed E-state index contributed by atoms with van der Waals surface area (Å²) in [5.74, 6) is -1.82. The highest BCUT2D eigenvalue weighted by Crippen LogP contribution is 1.97. The summed E-state index contributed by atoms with van der Waals surface area (Å²) in [6, 6.07) is 0. The zero-order chi connectivity index (χ0) is 8.04. The Kier molecular flexibility index (Phi) is 3.37. The van der Waals surface area contributed by atoms with E-state index in [2.05, 4.69) is 9.47 Å². The minimum atomic E-state index is -1.82. The molecule has 0 radical (unpaired) electrons. The quantitative estimate of drug-likeness (QED) is 0.342. The van der Waals surface area contributed by atoms with Gasteiger partial charge in [-0.25, -0.2) is 0 Å². The predicted octanol–water partition coefficient (Wildman–Crippen LogP) is -2.10. The van der Waals surface area contributed by atoms with E-state index in [-0.39, 0.29) is 19.5 Å². The lowest BCUT2D eigenvalue weighted by atomic mass is 10.5. The number of carbonyl (C=O) groups is 2. The van der Waals surface area contributed by atoms with Gasteiger partial charge in [-0.15, -0.1) is 0 Å². The van der Waals surface area contributed by atoms with Gasteiger partial charge in [0.1, 0.15) is 0 Å². The van der Waals surface area contributed by atoms with Crippen LogP contribution < -0.4 is 11.5 Å². The van der Waals surface area contributed by atoms with Crippen molar-refractivity contribution < 1.29 is 19.1 Å². The molecule has 0 heterocycles. The Hall–Kier alpha value is -1.14. The molecule has 0 saturated heterocycles. The normalized spacial score (nSPS) is 10.2. The third-order valence-corrected chi connectivity index (χ3v) is 0.780. The van der Waals surface area contributed by atoms with Crippen LogP contribution in [0.3, 0.4) is 0 Å². The maximum Gasteiger partial charge on any atom is 0.327 e. The molecule has 0 rings (SSSR count). The van der Waals surface area contributed by atoms with E-state index in [1.807, 2.05) is 0 Å². The first kappa shape index (κ1) is 8.86. The van der Waals surface area contributed by atoms with Gasteiger partial charge in [0.05, 0.1) is 6.54 Å². The molecular weight excluding hydrogens is 140 g/mol. The molecule has 10 heavy (non-hydrogen) atoms. The van der Waals surface area contributed by atoms with Crippen molar-refractivity contribution in [1.29, 1.82) is 0 Å². The van der Waals surface area contributed by atoms with Crippen molar-refractivity contribution in [1.82, 2.24) is 0 Å². The summed E-state index contributed by atoms with van der Waals surface area (Å²) in [5, 5.41) is 0. The van der Waals surface area contributed by atoms with Crippen LogP contribution in [0.5, 0.6) is 0 Å². The molecular formula is C4H8N2O4. The second-order valence-corrected chi connectivity index (χ2v) is 1.44. The van der Waals surface area contributed by atoms with Gasteiger partial charge in [-0.1, -0.05) is 0 Å². The van der Waals surface area contributed by atoms with Crippen LogP contribution in [-0.2, 0) is 19.1 Å². The summed E-state index contributed by atoms with van der Waals surface area (Å²) in [6.07, 6.45) is 0. The van der Waals surface area contributed by atoms with E-state index in [0.717, 1.165) is 0 Å². The van der Waals surface area contributed by atoms with Crippen molar-refractivity contribution in [3.8, 4) is 0 Å². The fourth-order valence-electron chi connectivity index (χ4n) is 0.287. The first-order chi connectivity index (χ1) is 4.68. The molecule has 0 aromatic heterocycles. The maximum atomic E-state index is 9.70. The van der Waals surface area contributed by atoms with Gasteiger partial charge >= 0.3 is 5.91 Å². The second-order valence-electron chi connectivity index (χ2n) is 1.44. The van der Waals surface area contributed by atoms with E-state index in [4.69, 9.17) is 11.5 Å². The van der Waals surface area contributed by atoms with Gasteiger partial charge in [-0.2, -0.15) is 0 Å². The fraction of sp³-hybridized carbons (Fsp3) is 0.500. The van der Waals surface area contributed by atoms with Crippen LogP contribution in [0.2, 0.25) is 0 Å². The van der Waals surface area contributed by atoms with E-state index >= 15 is 0 Å². The van der Waals surface area contributed by atoms with Gasteiger partial charge in [-0.05, 0) is 0 Å². The molecule has 0 aliphatic carbocycles. The Labute approximate surface area is 57.1 Å². The van der Waals surface area contributed by atoms with Crippen molar-refractivity contribution in [2.75, 3.05) is 6.54 Å². The Morgan fingerprint density at radius 3 is 1.90 bits per heavy atom. The molecule has 0 aromatic rings. The number of nitrogens with two attached hydrogens (primary N) is 2. The van der Waals surface area contributed by atoms with Crippen molar-refractivity contribution in [2.45, 2.75) is 5.91 Å². The molecule has 4 N–H and O–H groups in total. The number of carbonyl (C=O) groups excluding carboxylic acids is 2. The van der Waals surface area contributed by atoms with Gasteiger partial charge in [0.15, 0.2) is 0 Å². The number of hydrogen-bond acceptors (Lipinski definition) is 6. The number of rotatable bonds is 5. The Morgan fingerprint density at radius 1 is 1.30 bits per heavy atom. The van der Waals surface area contributed by atoms with Gasteiger partial charge in [0.25, 0.3) is 12.9 Å². The monoisotopic (exact) mass is 148 g/mol. The van der Waals surface area contributed by atoms with Crippen molar-refractivity contribution in [2.24, 2.45) is 11.5 Å². The van der Waals surface area contributed by atoms with Crippen LogP contribution in [0.15, 0.2) is 0 Å². The van der Waals surface area contributed by atoms with Crippen LogP contribution >= 0.6 is 0 Å². The highest BCUT2D eigenvalue weighted by atomic mass is 16.7. The number of hydrogen-bond donors (Lipinski definition) is 2. The molecule has 6 heteroatoms. The molecule has 0 aliphatic heterocycles. The summed E-state index contributed by atoms with van der Waals surface area (Å²) in [5.41, 5.74) is 10.1. The SMILES string of the molecule is NCC(N)(OC=O)OC=O. The molecule has 58 valence electrons. The third kappa shape index (κ3) is 2.42. The molecule has 0 unspecified atom stereocenters. The van der Waals surface area contributed by atoms with E-state index in [9.17, 15) is 9.59 Å². The molecule has 0 spiro atoms. The van der Waals surface area contributed by atoms with E-state index in [0.29, 0.717) is 0 Å². The molecule has 0 bridgehead atoms. The topological polar surface area (TPSA) is 105 Å². The highest BCUT2D eigenvalue weighted by Gasteiger charge is 2.25. The van der Waals surface area contributed by atoms with Crippen molar-refractivity contribution in [3.63, 3.8) is 0 Å². The summed E-state index contributed by atoms with van der Waals surface area (Å²) in [7, 11) is 0. The largest absolute Gasteiger partial charge is 0.410 e. The average Bonchev–Trinajstić information content (AvgIpc) is 1.89. The van der Waals surface area contributed by atoms with Crippen LogP contribution in [0, 0.1) is 0 Å².